The monoisotopic (exact) mass is 214 g/mol. The quantitative estimate of drug-likeness (QED) is 0.650. The fourth-order valence-electron chi connectivity index (χ4n) is 1.94. The van der Waals surface area contributed by atoms with Crippen LogP contribution in [0.25, 0.3) is 0 Å². The molecule has 0 aromatic heterocycles. The van der Waals surface area contributed by atoms with Gasteiger partial charge in [0, 0.05) is 25.7 Å². The first-order chi connectivity index (χ1) is 7.34. The molecule has 0 aromatic rings. The van der Waals surface area contributed by atoms with Crippen molar-refractivity contribution in [3.8, 4) is 0 Å². The molecule has 1 saturated heterocycles. The molecule has 3 nitrogen and oxygen atoms in total. The number of hydrogen-bond donors (Lipinski definition) is 1. The van der Waals surface area contributed by atoms with Crippen molar-refractivity contribution in [3.63, 3.8) is 0 Å². The van der Waals surface area contributed by atoms with Crippen molar-refractivity contribution in [3.05, 3.63) is 0 Å². The third-order valence-electron chi connectivity index (χ3n) is 3.04. The van der Waals surface area contributed by atoms with Crippen LogP contribution in [0.4, 0.5) is 0 Å². The first-order valence-electron chi connectivity index (χ1n) is 6.37. The van der Waals surface area contributed by atoms with Crippen LogP contribution in [0.1, 0.15) is 33.1 Å². The molecule has 1 rings (SSSR count). The van der Waals surface area contributed by atoms with E-state index in [-0.39, 0.29) is 0 Å². The van der Waals surface area contributed by atoms with E-state index >= 15 is 0 Å². The van der Waals surface area contributed by atoms with E-state index in [1.807, 2.05) is 0 Å². The minimum absolute atomic E-state index is 0.594. The Morgan fingerprint density at radius 3 is 2.93 bits per heavy atom. The Labute approximate surface area is 94.2 Å². The molecule has 1 unspecified atom stereocenters. The van der Waals surface area contributed by atoms with Gasteiger partial charge in [-0.3, -0.25) is 4.90 Å². The van der Waals surface area contributed by atoms with E-state index in [0.717, 1.165) is 32.8 Å². The number of rotatable bonds is 7. The van der Waals surface area contributed by atoms with Crippen molar-refractivity contribution >= 4 is 0 Å². The highest BCUT2D eigenvalue weighted by Gasteiger charge is 2.17. The first kappa shape index (κ1) is 12.9. The second kappa shape index (κ2) is 8.08. The fourth-order valence-corrected chi connectivity index (χ4v) is 1.94. The molecule has 0 bridgehead atoms. The summed E-state index contributed by atoms with van der Waals surface area (Å²) in [5.74, 6) is 0. The molecule has 1 N–H and O–H groups in total. The van der Waals surface area contributed by atoms with E-state index in [0.29, 0.717) is 6.04 Å². The molecule has 1 atom stereocenters. The van der Waals surface area contributed by atoms with Crippen molar-refractivity contribution in [2.75, 3.05) is 39.4 Å². The molecule has 90 valence electrons. The molecule has 0 amide bonds. The Morgan fingerprint density at radius 2 is 2.20 bits per heavy atom. The number of nitrogens with one attached hydrogen (secondary N) is 1. The van der Waals surface area contributed by atoms with Gasteiger partial charge in [0.25, 0.3) is 0 Å². The van der Waals surface area contributed by atoms with Gasteiger partial charge in [0.15, 0.2) is 0 Å². The second-order valence-corrected chi connectivity index (χ2v) is 4.42. The Bertz CT molecular complexity index is 153. The molecule has 0 saturated carbocycles. The van der Waals surface area contributed by atoms with Crippen LogP contribution in [0.15, 0.2) is 0 Å². The summed E-state index contributed by atoms with van der Waals surface area (Å²) in [6.45, 7) is 10.8. The lowest BCUT2D eigenvalue weighted by atomic mass is 10.2. The maximum Gasteiger partial charge on any atom is 0.0619 e. The molecule has 0 radical (unpaired) electrons. The van der Waals surface area contributed by atoms with E-state index in [1.165, 1.54) is 25.8 Å². The molecule has 0 aromatic carbocycles. The van der Waals surface area contributed by atoms with Gasteiger partial charge in [-0.05, 0) is 19.9 Å². The maximum atomic E-state index is 5.41. The third-order valence-corrected chi connectivity index (χ3v) is 3.04. The van der Waals surface area contributed by atoms with Gasteiger partial charge >= 0.3 is 0 Å². The number of nitrogens with zero attached hydrogens (tertiary/aromatic N) is 1. The highest BCUT2D eigenvalue weighted by Crippen LogP contribution is 2.04. The molecule has 3 heteroatoms. The Hall–Kier alpha value is -0.120. The summed E-state index contributed by atoms with van der Waals surface area (Å²) in [5, 5.41) is 3.51. The molecule has 0 spiro atoms. The molecule has 1 fully saturated rings. The van der Waals surface area contributed by atoms with Crippen molar-refractivity contribution in [1.29, 1.82) is 0 Å². The van der Waals surface area contributed by atoms with E-state index in [9.17, 15) is 0 Å². The predicted octanol–water partition coefficient (Wildman–Crippen LogP) is 1.49. The zero-order valence-electron chi connectivity index (χ0n) is 10.3. The zero-order valence-corrected chi connectivity index (χ0v) is 10.3. The van der Waals surface area contributed by atoms with Crippen LogP contribution in [-0.4, -0.2) is 50.3 Å². The van der Waals surface area contributed by atoms with Crippen LogP contribution >= 0.6 is 0 Å². The zero-order chi connectivity index (χ0) is 10.9. The van der Waals surface area contributed by atoms with Gasteiger partial charge in [-0.15, -0.1) is 0 Å². The number of morpholine rings is 1. The Kier molecular flexibility index (Phi) is 6.98. The van der Waals surface area contributed by atoms with Crippen molar-refractivity contribution in [1.82, 2.24) is 10.2 Å². The number of ether oxygens (including phenoxy) is 1. The van der Waals surface area contributed by atoms with Crippen LogP contribution in [0.3, 0.4) is 0 Å². The minimum atomic E-state index is 0.594. The Morgan fingerprint density at radius 1 is 1.33 bits per heavy atom. The first-order valence-corrected chi connectivity index (χ1v) is 6.37. The van der Waals surface area contributed by atoms with Crippen LogP contribution in [0, 0.1) is 0 Å². The topological polar surface area (TPSA) is 24.5 Å². The van der Waals surface area contributed by atoms with Gasteiger partial charge in [0.1, 0.15) is 0 Å². The summed E-state index contributed by atoms with van der Waals surface area (Å²) in [4.78, 5) is 2.51. The maximum absolute atomic E-state index is 5.41. The highest BCUT2D eigenvalue weighted by atomic mass is 16.5. The average molecular weight is 214 g/mol. The van der Waals surface area contributed by atoms with Crippen LogP contribution in [0.2, 0.25) is 0 Å². The van der Waals surface area contributed by atoms with Gasteiger partial charge < -0.3 is 10.1 Å². The van der Waals surface area contributed by atoms with E-state index in [4.69, 9.17) is 4.74 Å². The van der Waals surface area contributed by atoms with Crippen molar-refractivity contribution < 1.29 is 4.74 Å². The van der Waals surface area contributed by atoms with Crippen molar-refractivity contribution in [2.45, 2.75) is 39.2 Å². The lowest BCUT2D eigenvalue weighted by Crippen LogP contribution is -2.46. The average Bonchev–Trinajstić information content (AvgIpc) is 2.25. The van der Waals surface area contributed by atoms with Crippen LogP contribution in [0.5, 0.6) is 0 Å². The molecular formula is C12H26N2O. The van der Waals surface area contributed by atoms with Crippen molar-refractivity contribution in [2.24, 2.45) is 0 Å². The van der Waals surface area contributed by atoms with Gasteiger partial charge in [-0.2, -0.15) is 0 Å². The summed E-state index contributed by atoms with van der Waals surface area (Å²) in [5.41, 5.74) is 0. The second-order valence-electron chi connectivity index (χ2n) is 4.42. The van der Waals surface area contributed by atoms with E-state index < -0.39 is 0 Å². The van der Waals surface area contributed by atoms with Gasteiger partial charge in [0.05, 0.1) is 13.2 Å². The lowest BCUT2D eigenvalue weighted by molar-refractivity contribution is 0.000452. The third kappa shape index (κ3) is 5.50. The van der Waals surface area contributed by atoms with Crippen LogP contribution in [-0.2, 0) is 4.74 Å². The molecule has 15 heavy (non-hydrogen) atoms. The smallest absolute Gasteiger partial charge is 0.0619 e. The Balaban J connectivity index is 1.94. The molecular weight excluding hydrogens is 188 g/mol. The molecule has 1 aliphatic rings. The summed E-state index contributed by atoms with van der Waals surface area (Å²) < 4.78 is 5.41. The van der Waals surface area contributed by atoms with Gasteiger partial charge in [-0.1, -0.05) is 19.8 Å². The highest BCUT2D eigenvalue weighted by molar-refractivity contribution is 4.71. The number of unbranched alkanes of at least 4 members (excludes halogenated alkanes) is 2. The van der Waals surface area contributed by atoms with Crippen LogP contribution < -0.4 is 5.32 Å². The number of hydrogen-bond acceptors (Lipinski definition) is 3. The van der Waals surface area contributed by atoms with E-state index in [1.54, 1.807) is 0 Å². The largest absolute Gasteiger partial charge is 0.379 e. The lowest BCUT2D eigenvalue weighted by Gasteiger charge is -2.33. The summed E-state index contributed by atoms with van der Waals surface area (Å²) in [6, 6.07) is 0.594. The summed E-state index contributed by atoms with van der Waals surface area (Å²) in [6.07, 6.45) is 3.97. The summed E-state index contributed by atoms with van der Waals surface area (Å²) in [7, 11) is 0. The predicted molar refractivity (Wildman–Crippen MR) is 64.2 cm³/mol. The fraction of sp³-hybridized carbons (Fsp3) is 1.00. The standard InChI is InChI=1S/C12H26N2O/c1-3-4-5-6-13-7-8-14-9-10-15-11-12(14)2/h12-13H,3-11H2,1-2H3. The molecule has 1 heterocycles. The normalized spacial score (nSPS) is 23.2. The van der Waals surface area contributed by atoms with E-state index in [2.05, 4.69) is 24.1 Å². The van der Waals surface area contributed by atoms with Gasteiger partial charge in [0.2, 0.25) is 0 Å². The molecule has 0 aliphatic carbocycles. The minimum Gasteiger partial charge on any atom is -0.379 e. The summed E-state index contributed by atoms with van der Waals surface area (Å²) >= 11 is 0. The molecule has 1 aliphatic heterocycles. The SMILES string of the molecule is CCCCCNCCN1CCOCC1C. The van der Waals surface area contributed by atoms with Gasteiger partial charge in [-0.25, -0.2) is 0 Å².